The molecule has 0 aromatic heterocycles. The van der Waals surface area contributed by atoms with Crippen LogP contribution in [0.5, 0.6) is 0 Å². The molecule has 1 aromatic carbocycles. The Kier molecular flexibility index (Phi) is 3.91. The molecule has 4 nitrogen and oxygen atoms in total. The SMILES string of the molecule is Cc1ccc(S)cc1C(=O)NC1CCC(=O)NC1. The van der Waals surface area contributed by atoms with Crippen LogP contribution in [-0.4, -0.2) is 24.4 Å². The lowest BCUT2D eigenvalue weighted by Crippen LogP contribution is -2.47. The fourth-order valence-electron chi connectivity index (χ4n) is 1.97. The highest BCUT2D eigenvalue weighted by atomic mass is 32.1. The first-order chi connectivity index (χ1) is 8.56. The molecule has 0 aliphatic carbocycles. The fourth-order valence-corrected chi connectivity index (χ4v) is 2.18. The lowest BCUT2D eigenvalue weighted by molar-refractivity contribution is -0.122. The molecule has 1 aromatic rings. The highest BCUT2D eigenvalue weighted by Gasteiger charge is 2.20. The highest BCUT2D eigenvalue weighted by Crippen LogP contribution is 2.14. The normalized spacial score (nSPS) is 19.2. The highest BCUT2D eigenvalue weighted by molar-refractivity contribution is 7.80. The van der Waals surface area contributed by atoms with Crippen molar-refractivity contribution in [3.8, 4) is 0 Å². The van der Waals surface area contributed by atoms with Gasteiger partial charge in [-0.1, -0.05) is 6.07 Å². The van der Waals surface area contributed by atoms with E-state index < -0.39 is 0 Å². The zero-order valence-electron chi connectivity index (χ0n) is 10.2. The van der Waals surface area contributed by atoms with Gasteiger partial charge < -0.3 is 10.6 Å². The number of benzene rings is 1. The Bertz CT molecular complexity index is 478. The molecule has 1 aliphatic heterocycles. The second kappa shape index (κ2) is 5.44. The molecular formula is C13H16N2O2S. The number of carbonyl (C=O) groups excluding carboxylic acids is 2. The van der Waals surface area contributed by atoms with Gasteiger partial charge in [0.15, 0.2) is 0 Å². The number of piperidine rings is 1. The summed E-state index contributed by atoms with van der Waals surface area (Å²) in [4.78, 5) is 23.9. The average molecular weight is 264 g/mol. The van der Waals surface area contributed by atoms with Crippen molar-refractivity contribution in [3.05, 3.63) is 29.3 Å². The van der Waals surface area contributed by atoms with Crippen molar-refractivity contribution in [2.24, 2.45) is 0 Å². The summed E-state index contributed by atoms with van der Waals surface area (Å²) in [6, 6.07) is 5.50. The number of hydrogen-bond acceptors (Lipinski definition) is 3. The van der Waals surface area contributed by atoms with E-state index >= 15 is 0 Å². The molecule has 1 unspecified atom stereocenters. The van der Waals surface area contributed by atoms with Gasteiger partial charge in [0.05, 0.1) is 0 Å². The molecule has 2 N–H and O–H groups in total. The van der Waals surface area contributed by atoms with E-state index in [1.807, 2.05) is 19.1 Å². The maximum atomic E-state index is 12.1. The first-order valence-corrected chi connectivity index (χ1v) is 6.38. The van der Waals surface area contributed by atoms with Crippen LogP contribution in [0.15, 0.2) is 23.1 Å². The number of thiol groups is 1. The summed E-state index contributed by atoms with van der Waals surface area (Å²) >= 11 is 4.24. The van der Waals surface area contributed by atoms with Gasteiger partial charge in [0.25, 0.3) is 5.91 Å². The van der Waals surface area contributed by atoms with Gasteiger partial charge in [0.2, 0.25) is 5.91 Å². The van der Waals surface area contributed by atoms with E-state index in [4.69, 9.17) is 0 Å². The van der Waals surface area contributed by atoms with E-state index in [9.17, 15) is 9.59 Å². The second-order valence-electron chi connectivity index (χ2n) is 4.51. The second-order valence-corrected chi connectivity index (χ2v) is 5.03. The largest absolute Gasteiger partial charge is 0.354 e. The van der Waals surface area contributed by atoms with Crippen LogP contribution in [0.4, 0.5) is 0 Å². The number of carbonyl (C=O) groups is 2. The van der Waals surface area contributed by atoms with Crippen LogP contribution in [-0.2, 0) is 4.79 Å². The van der Waals surface area contributed by atoms with E-state index in [2.05, 4.69) is 23.3 Å². The third-order valence-electron chi connectivity index (χ3n) is 3.07. The van der Waals surface area contributed by atoms with E-state index in [0.717, 1.165) is 10.5 Å². The van der Waals surface area contributed by atoms with Crippen LogP contribution >= 0.6 is 12.6 Å². The lowest BCUT2D eigenvalue weighted by atomic mass is 10.0. The Morgan fingerprint density at radius 1 is 1.50 bits per heavy atom. The summed E-state index contributed by atoms with van der Waals surface area (Å²) in [5.74, 6) is -0.0569. The number of rotatable bonds is 2. The zero-order chi connectivity index (χ0) is 13.1. The molecule has 1 aliphatic rings. The van der Waals surface area contributed by atoms with E-state index in [0.29, 0.717) is 24.9 Å². The Hall–Kier alpha value is -1.49. The average Bonchev–Trinajstić information content (AvgIpc) is 2.35. The van der Waals surface area contributed by atoms with E-state index in [1.165, 1.54) is 0 Å². The Labute approximate surface area is 112 Å². The maximum absolute atomic E-state index is 12.1. The first-order valence-electron chi connectivity index (χ1n) is 5.93. The molecular weight excluding hydrogens is 248 g/mol. The Morgan fingerprint density at radius 2 is 2.28 bits per heavy atom. The summed E-state index contributed by atoms with van der Waals surface area (Å²) < 4.78 is 0. The van der Waals surface area contributed by atoms with Crippen molar-refractivity contribution < 1.29 is 9.59 Å². The minimum atomic E-state index is -0.107. The zero-order valence-corrected chi connectivity index (χ0v) is 11.1. The summed E-state index contributed by atoms with van der Waals surface area (Å²) in [5, 5.41) is 5.68. The summed E-state index contributed by atoms with van der Waals surface area (Å²) in [6.45, 7) is 2.40. The molecule has 0 saturated carbocycles. The maximum Gasteiger partial charge on any atom is 0.251 e. The number of amides is 2. The fraction of sp³-hybridized carbons (Fsp3) is 0.385. The van der Waals surface area contributed by atoms with Crippen molar-refractivity contribution in [2.75, 3.05) is 6.54 Å². The van der Waals surface area contributed by atoms with Crippen LogP contribution in [0.3, 0.4) is 0 Å². The molecule has 1 saturated heterocycles. The molecule has 1 atom stereocenters. The van der Waals surface area contributed by atoms with Gasteiger partial charge in [0, 0.05) is 29.5 Å². The quantitative estimate of drug-likeness (QED) is 0.705. The monoisotopic (exact) mass is 264 g/mol. The summed E-state index contributed by atoms with van der Waals surface area (Å²) in [7, 11) is 0. The van der Waals surface area contributed by atoms with Gasteiger partial charge >= 0.3 is 0 Å². The molecule has 2 amide bonds. The van der Waals surface area contributed by atoms with Crippen LogP contribution in [0.1, 0.15) is 28.8 Å². The summed E-state index contributed by atoms with van der Waals surface area (Å²) in [6.07, 6.45) is 1.16. The molecule has 0 radical (unpaired) electrons. The molecule has 0 spiro atoms. The number of aryl methyl sites for hydroxylation is 1. The number of nitrogens with one attached hydrogen (secondary N) is 2. The van der Waals surface area contributed by atoms with Crippen molar-refractivity contribution in [3.63, 3.8) is 0 Å². The van der Waals surface area contributed by atoms with Gasteiger partial charge in [-0.05, 0) is 31.0 Å². The van der Waals surface area contributed by atoms with Crippen molar-refractivity contribution in [1.29, 1.82) is 0 Å². The molecule has 96 valence electrons. The Morgan fingerprint density at radius 3 is 2.94 bits per heavy atom. The van der Waals surface area contributed by atoms with Crippen molar-refractivity contribution in [2.45, 2.75) is 30.7 Å². The predicted octanol–water partition coefficient (Wildman–Crippen LogP) is 1.29. The minimum Gasteiger partial charge on any atom is -0.354 e. The number of hydrogen-bond donors (Lipinski definition) is 3. The van der Waals surface area contributed by atoms with Gasteiger partial charge in [-0.3, -0.25) is 9.59 Å². The van der Waals surface area contributed by atoms with Gasteiger partial charge in [0.1, 0.15) is 0 Å². The van der Waals surface area contributed by atoms with E-state index in [1.54, 1.807) is 6.07 Å². The third-order valence-corrected chi connectivity index (χ3v) is 3.34. The van der Waals surface area contributed by atoms with Crippen molar-refractivity contribution >= 4 is 24.4 Å². The smallest absolute Gasteiger partial charge is 0.251 e. The molecule has 5 heteroatoms. The lowest BCUT2D eigenvalue weighted by Gasteiger charge is -2.23. The van der Waals surface area contributed by atoms with Crippen molar-refractivity contribution in [1.82, 2.24) is 10.6 Å². The van der Waals surface area contributed by atoms with Crippen LogP contribution in [0.25, 0.3) is 0 Å². The van der Waals surface area contributed by atoms with E-state index in [-0.39, 0.29) is 17.9 Å². The van der Waals surface area contributed by atoms with Crippen LogP contribution < -0.4 is 10.6 Å². The van der Waals surface area contributed by atoms with Gasteiger partial charge in [-0.2, -0.15) is 0 Å². The third kappa shape index (κ3) is 3.04. The topological polar surface area (TPSA) is 58.2 Å². The molecule has 2 rings (SSSR count). The molecule has 1 heterocycles. The molecule has 18 heavy (non-hydrogen) atoms. The van der Waals surface area contributed by atoms with Gasteiger partial charge in [-0.25, -0.2) is 0 Å². The van der Waals surface area contributed by atoms with Crippen LogP contribution in [0, 0.1) is 6.92 Å². The molecule has 0 bridgehead atoms. The predicted molar refractivity (Wildman–Crippen MR) is 71.9 cm³/mol. The minimum absolute atomic E-state index is 0.0122. The summed E-state index contributed by atoms with van der Waals surface area (Å²) in [5.41, 5.74) is 1.56. The Balaban J connectivity index is 2.03. The first kappa shape index (κ1) is 13.0. The van der Waals surface area contributed by atoms with Gasteiger partial charge in [-0.15, -0.1) is 12.6 Å². The van der Waals surface area contributed by atoms with Crippen LogP contribution in [0.2, 0.25) is 0 Å². The standard InChI is InChI=1S/C13H16N2O2S/c1-8-2-4-10(18)6-11(8)13(17)15-9-3-5-12(16)14-7-9/h2,4,6,9,18H,3,5,7H2,1H3,(H,14,16)(H,15,17). The molecule has 1 fully saturated rings.